The number of ketones is 1. The molecule has 10 nitrogen and oxygen atoms in total. The maximum atomic E-state index is 14.8. The van der Waals surface area contributed by atoms with Crippen LogP contribution in [0.2, 0.25) is 0 Å². The van der Waals surface area contributed by atoms with Gasteiger partial charge in [0.15, 0.2) is 5.82 Å². The number of thiophene rings is 1. The summed E-state index contributed by atoms with van der Waals surface area (Å²) >= 11 is 1.32. The highest BCUT2D eigenvalue weighted by Crippen LogP contribution is 2.44. The number of rotatable bonds is 6. The summed E-state index contributed by atoms with van der Waals surface area (Å²) in [7, 11) is 0. The number of ether oxygens (including phenoxy) is 1. The second-order valence-corrected chi connectivity index (χ2v) is 15.7. The Morgan fingerprint density at radius 1 is 0.981 bits per heavy atom. The van der Waals surface area contributed by atoms with Gasteiger partial charge < -0.3 is 24.8 Å². The number of pyridine rings is 1. The third kappa shape index (κ3) is 6.05. The van der Waals surface area contributed by atoms with Gasteiger partial charge in [-0.2, -0.15) is 0 Å². The molecule has 9 rings (SSSR count). The molecule has 0 saturated carbocycles. The molecule has 2 saturated heterocycles. The summed E-state index contributed by atoms with van der Waals surface area (Å²) in [6.45, 7) is 7.39. The Labute approximate surface area is 315 Å². The van der Waals surface area contributed by atoms with E-state index in [9.17, 15) is 18.8 Å². The number of carbonyl (C=O) groups excluding carboxylic acids is 3. The van der Waals surface area contributed by atoms with Crippen molar-refractivity contribution < 1.29 is 23.5 Å². The first-order valence-electron chi connectivity index (χ1n) is 18.1. The van der Waals surface area contributed by atoms with E-state index in [1.807, 2.05) is 44.2 Å². The second-order valence-electron chi connectivity index (χ2n) is 14.6. The first kappa shape index (κ1) is 34.1. The van der Waals surface area contributed by atoms with Crippen molar-refractivity contribution in [3.8, 4) is 10.4 Å². The molecule has 3 aromatic heterocycles. The average molecular weight is 741 g/mol. The van der Waals surface area contributed by atoms with Gasteiger partial charge in [0.2, 0.25) is 5.78 Å². The first-order chi connectivity index (χ1) is 26.1. The van der Waals surface area contributed by atoms with Gasteiger partial charge in [-0.25, -0.2) is 14.4 Å². The molecule has 272 valence electrons. The quantitative estimate of drug-likeness (QED) is 0.168. The average Bonchev–Trinajstić information content (AvgIpc) is 3.77. The Morgan fingerprint density at radius 3 is 2.56 bits per heavy atom. The summed E-state index contributed by atoms with van der Waals surface area (Å²) in [4.78, 5) is 58.8. The van der Waals surface area contributed by atoms with Crippen molar-refractivity contribution in [3.63, 3.8) is 0 Å². The highest BCUT2D eigenvalue weighted by Gasteiger charge is 2.45. The van der Waals surface area contributed by atoms with E-state index in [0.29, 0.717) is 45.2 Å². The van der Waals surface area contributed by atoms with Crippen molar-refractivity contribution in [3.05, 3.63) is 123 Å². The number of benzene rings is 3. The summed E-state index contributed by atoms with van der Waals surface area (Å²) in [6, 6.07) is 20.6. The molecule has 3 aliphatic heterocycles. The Balaban J connectivity index is 0.933. The predicted molar refractivity (Wildman–Crippen MR) is 207 cm³/mol. The zero-order valence-electron chi connectivity index (χ0n) is 29.9. The highest BCUT2D eigenvalue weighted by atomic mass is 32.1. The van der Waals surface area contributed by atoms with Gasteiger partial charge in [0, 0.05) is 66.2 Å². The Kier molecular flexibility index (Phi) is 8.39. The van der Waals surface area contributed by atoms with E-state index >= 15 is 0 Å². The molecule has 0 bridgehead atoms. The smallest absolute Gasteiger partial charge is 0.259 e. The van der Waals surface area contributed by atoms with E-state index < -0.39 is 5.82 Å². The van der Waals surface area contributed by atoms with Crippen molar-refractivity contribution in [2.45, 2.75) is 33.1 Å². The number of carbonyl (C=O) groups is 3. The minimum Gasteiger partial charge on any atom is -0.381 e. The van der Waals surface area contributed by atoms with Gasteiger partial charge in [0.1, 0.15) is 11.6 Å². The number of aromatic nitrogens is 3. The number of aryl methyl sites for hydroxylation is 2. The number of para-hydroxylation sites is 1. The number of nitrogens with one attached hydrogen (secondary N) is 2. The fourth-order valence-corrected chi connectivity index (χ4v) is 9.09. The number of H-pyrrole nitrogens is 1. The number of hydrogen-bond donors (Lipinski definition) is 2. The molecule has 2 N–H and O–H groups in total. The molecular formula is C42H37FN6O4S. The van der Waals surface area contributed by atoms with Crippen molar-refractivity contribution in [2.75, 3.05) is 48.0 Å². The normalized spacial score (nSPS) is 16.1. The number of imidazole rings is 1. The van der Waals surface area contributed by atoms with Gasteiger partial charge in [-0.15, -0.1) is 11.3 Å². The van der Waals surface area contributed by atoms with Crippen LogP contribution in [0.4, 0.5) is 21.6 Å². The van der Waals surface area contributed by atoms with Gasteiger partial charge in [0.25, 0.3) is 11.8 Å². The van der Waals surface area contributed by atoms with E-state index in [0.717, 1.165) is 71.7 Å². The molecular weight excluding hydrogens is 704 g/mol. The van der Waals surface area contributed by atoms with Crippen LogP contribution in [0.15, 0.2) is 79.0 Å². The van der Waals surface area contributed by atoms with Crippen LogP contribution >= 0.6 is 11.3 Å². The molecule has 6 heterocycles. The van der Waals surface area contributed by atoms with E-state index in [-0.39, 0.29) is 35.4 Å². The van der Waals surface area contributed by atoms with Crippen LogP contribution in [0.3, 0.4) is 0 Å². The SMILES string of the molecule is Cc1cnc(N2CC3(CCOCC3)C2)c(C(=O)Nc2ccc(C(=O)N3CCc4cc(C(=O)c5nc6c(C)cccc6[nH]5)sc4-c4ccc(F)cc43)cc2)c1. The Bertz CT molecular complexity index is 2480. The van der Waals surface area contributed by atoms with Crippen LogP contribution in [0.25, 0.3) is 21.5 Å². The Morgan fingerprint density at radius 2 is 1.78 bits per heavy atom. The largest absolute Gasteiger partial charge is 0.381 e. The van der Waals surface area contributed by atoms with Gasteiger partial charge in [-0.3, -0.25) is 14.4 Å². The lowest BCUT2D eigenvalue weighted by Crippen LogP contribution is -2.59. The minimum absolute atomic E-state index is 0.216. The maximum Gasteiger partial charge on any atom is 0.259 e. The van der Waals surface area contributed by atoms with Gasteiger partial charge in [-0.05, 0) is 110 Å². The predicted octanol–water partition coefficient (Wildman–Crippen LogP) is 7.75. The van der Waals surface area contributed by atoms with Crippen molar-refractivity contribution >= 4 is 57.2 Å². The summed E-state index contributed by atoms with van der Waals surface area (Å²) in [5, 5.41) is 2.99. The van der Waals surface area contributed by atoms with Crippen LogP contribution in [0, 0.1) is 25.1 Å². The fraction of sp³-hybridized carbons (Fsp3) is 0.262. The minimum atomic E-state index is -0.468. The third-order valence-electron chi connectivity index (χ3n) is 10.9. The van der Waals surface area contributed by atoms with E-state index in [1.54, 1.807) is 41.4 Å². The van der Waals surface area contributed by atoms with Crippen molar-refractivity contribution in [1.29, 1.82) is 0 Å². The summed E-state index contributed by atoms with van der Waals surface area (Å²) in [6.07, 6.45) is 4.28. The number of aromatic amines is 1. The number of anilines is 3. The highest BCUT2D eigenvalue weighted by molar-refractivity contribution is 7.17. The van der Waals surface area contributed by atoms with E-state index in [2.05, 4.69) is 25.2 Å². The van der Waals surface area contributed by atoms with Crippen molar-refractivity contribution in [1.82, 2.24) is 15.0 Å². The first-order valence-corrected chi connectivity index (χ1v) is 18.9. The Hall–Kier alpha value is -5.72. The third-order valence-corrected chi connectivity index (χ3v) is 12.1. The molecule has 6 aromatic rings. The topological polar surface area (TPSA) is 121 Å². The number of amides is 2. The van der Waals surface area contributed by atoms with Crippen molar-refractivity contribution in [2.24, 2.45) is 5.41 Å². The molecule has 0 atom stereocenters. The zero-order chi connectivity index (χ0) is 37.1. The molecule has 0 radical (unpaired) electrons. The lowest BCUT2D eigenvalue weighted by atomic mass is 9.73. The molecule has 0 aliphatic carbocycles. The second kappa shape index (κ2) is 13.3. The number of fused-ring (bicyclic) bond motifs is 4. The summed E-state index contributed by atoms with van der Waals surface area (Å²) < 4.78 is 20.4. The number of halogens is 1. The molecule has 54 heavy (non-hydrogen) atoms. The van der Waals surface area contributed by atoms with Gasteiger partial charge in [0.05, 0.1) is 27.2 Å². The van der Waals surface area contributed by atoms with E-state index in [4.69, 9.17) is 4.74 Å². The zero-order valence-corrected chi connectivity index (χ0v) is 30.7. The van der Waals surface area contributed by atoms with Crippen LogP contribution in [-0.4, -0.2) is 65.4 Å². The molecule has 3 aliphatic rings. The lowest BCUT2D eigenvalue weighted by Gasteiger charge is -2.53. The number of nitrogens with zero attached hydrogens (tertiary/aromatic N) is 4. The molecule has 0 unspecified atom stereocenters. The molecule has 2 fully saturated rings. The number of hydrogen-bond acceptors (Lipinski definition) is 8. The van der Waals surface area contributed by atoms with Gasteiger partial charge in [-0.1, -0.05) is 12.1 Å². The fourth-order valence-electron chi connectivity index (χ4n) is 7.90. The standard InChI is InChI=1S/C42H37FN6O4S/c1-24-18-31(39(44-21-24)48-22-42(23-48)13-16-53-17-14-42)40(51)45-29-9-6-26(7-10-29)41(52)49-15-12-27-19-34(54-37(27)30-11-8-28(43)20-33(30)49)36(50)38-46-32-5-3-4-25(2)35(32)47-38/h3-11,18-21H,12-17,22-23H2,1-2H3,(H,45,51)(H,46,47). The molecule has 1 spiro atoms. The molecule has 2 amide bonds. The van der Waals surface area contributed by atoms with Crippen LogP contribution in [0.5, 0.6) is 0 Å². The summed E-state index contributed by atoms with van der Waals surface area (Å²) in [5.74, 6) is -0.319. The lowest BCUT2D eigenvalue weighted by molar-refractivity contribution is -0.000511. The van der Waals surface area contributed by atoms with Crippen LogP contribution < -0.4 is 15.1 Å². The monoisotopic (exact) mass is 740 g/mol. The molecule has 3 aromatic carbocycles. The van der Waals surface area contributed by atoms with Gasteiger partial charge >= 0.3 is 0 Å². The van der Waals surface area contributed by atoms with E-state index in [1.165, 1.54) is 23.5 Å². The molecule has 12 heteroatoms. The van der Waals surface area contributed by atoms with Crippen LogP contribution in [0.1, 0.15) is 65.7 Å². The summed E-state index contributed by atoms with van der Waals surface area (Å²) in [5.41, 5.74) is 7.10. The van der Waals surface area contributed by atoms with Crippen LogP contribution in [-0.2, 0) is 11.2 Å². The maximum absolute atomic E-state index is 14.8.